The van der Waals surface area contributed by atoms with Crippen molar-refractivity contribution in [2.75, 3.05) is 11.4 Å². The molecular formula is C22H19ClN2O2. The summed E-state index contributed by atoms with van der Waals surface area (Å²) < 4.78 is 1.81. The molecule has 2 heterocycles. The molecule has 1 aliphatic rings. The molecule has 1 aliphatic heterocycles. The second kappa shape index (κ2) is 8.14. The summed E-state index contributed by atoms with van der Waals surface area (Å²) in [6.45, 7) is 0.984. The summed E-state index contributed by atoms with van der Waals surface area (Å²) >= 11 is 0. The van der Waals surface area contributed by atoms with E-state index in [9.17, 15) is 9.59 Å². The van der Waals surface area contributed by atoms with E-state index in [0.717, 1.165) is 18.7 Å². The molecule has 3 aromatic rings. The number of carbonyl (C=O) groups is 2. The number of carbonyl (C=O) groups excluding carboxylic acids is 2. The molecule has 0 spiro atoms. The van der Waals surface area contributed by atoms with E-state index in [4.69, 9.17) is 0 Å². The Morgan fingerprint density at radius 2 is 1.48 bits per heavy atom. The minimum atomic E-state index is -0.0162. The van der Waals surface area contributed by atoms with Crippen molar-refractivity contribution in [1.82, 2.24) is 0 Å². The molecule has 0 aliphatic carbocycles. The average molecular weight is 379 g/mol. The summed E-state index contributed by atoms with van der Waals surface area (Å²) in [6.07, 6.45) is 4.48. The van der Waals surface area contributed by atoms with Gasteiger partial charge >= 0.3 is 0 Å². The first-order chi connectivity index (χ1) is 12.7. The lowest BCUT2D eigenvalue weighted by Gasteiger charge is -2.15. The van der Waals surface area contributed by atoms with Crippen LogP contribution < -0.4 is 21.9 Å². The largest absolute Gasteiger partial charge is 1.00 e. The predicted octanol–water partition coefficient (Wildman–Crippen LogP) is -0.202. The summed E-state index contributed by atoms with van der Waals surface area (Å²) in [5, 5.41) is 0. The summed E-state index contributed by atoms with van der Waals surface area (Å²) in [6, 6.07) is 20.7. The Balaban J connectivity index is 0.00000210. The van der Waals surface area contributed by atoms with Crippen molar-refractivity contribution in [2.24, 2.45) is 0 Å². The average Bonchev–Trinajstić information content (AvgIpc) is 3.13. The quantitative estimate of drug-likeness (QED) is 0.466. The van der Waals surface area contributed by atoms with Crippen LogP contribution in [0.5, 0.6) is 0 Å². The Labute approximate surface area is 164 Å². The Kier molecular flexibility index (Phi) is 5.67. The number of hydrogen-bond donors (Lipinski definition) is 0. The van der Waals surface area contributed by atoms with E-state index in [1.54, 1.807) is 36.7 Å². The molecule has 4 rings (SSSR count). The Hall–Kier alpha value is -2.98. The maximum Gasteiger partial charge on any atom is 0.292 e. The molecule has 0 unspecified atom stereocenters. The van der Waals surface area contributed by atoms with Crippen LogP contribution >= 0.6 is 0 Å². The van der Waals surface area contributed by atoms with Gasteiger partial charge in [-0.25, -0.2) is 0 Å². The molecule has 27 heavy (non-hydrogen) atoms. The van der Waals surface area contributed by atoms with Gasteiger partial charge in [0, 0.05) is 35.5 Å². The summed E-state index contributed by atoms with van der Waals surface area (Å²) in [5.41, 5.74) is 3.50. The minimum absolute atomic E-state index is 0. The highest BCUT2D eigenvalue weighted by atomic mass is 35.5. The summed E-state index contributed by atoms with van der Waals surface area (Å²) in [7, 11) is 0. The minimum Gasteiger partial charge on any atom is -1.00 e. The molecule has 1 amide bonds. The zero-order chi connectivity index (χ0) is 17.9. The van der Waals surface area contributed by atoms with Gasteiger partial charge in [0.05, 0.1) is 0 Å². The van der Waals surface area contributed by atoms with Crippen molar-refractivity contribution in [2.45, 2.75) is 13.0 Å². The first kappa shape index (κ1) is 18.8. The number of hydrogen-bond acceptors (Lipinski definition) is 2. The first-order valence-electron chi connectivity index (χ1n) is 8.69. The molecule has 2 aromatic carbocycles. The van der Waals surface area contributed by atoms with Gasteiger partial charge in [-0.2, -0.15) is 4.57 Å². The second-order valence-electron chi connectivity index (χ2n) is 6.38. The van der Waals surface area contributed by atoms with Gasteiger partial charge in [-0.1, -0.05) is 48.5 Å². The van der Waals surface area contributed by atoms with Crippen molar-refractivity contribution in [3.05, 3.63) is 95.8 Å². The number of amides is 1. The SMILES string of the molecule is O=C(c1ccccc1)c1cc[n+](CC(=O)N2CCc3ccccc32)cc1.[Cl-]. The van der Waals surface area contributed by atoms with Gasteiger partial charge in [0.2, 0.25) is 6.54 Å². The van der Waals surface area contributed by atoms with E-state index in [1.807, 2.05) is 45.9 Å². The molecule has 136 valence electrons. The lowest BCUT2D eigenvalue weighted by atomic mass is 10.0. The molecule has 0 N–H and O–H groups in total. The number of benzene rings is 2. The number of nitrogens with zero attached hydrogens (tertiary/aromatic N) is 2. The number of aromatic nitrogens is 1. The third-order valence-corrected chi connectivity index (χ3v) is 4.70. The zero-order valence-corrected chi connectivity index (χ0v) is 15.5. The van der Waals surface area contributed by atoms with Gasteiger partial charge in [-0.3, -0.25) is 9.59 Å². The molecular weight excluding hydrogens is 360 g/mol. The third-order valence-electron chi connectivity index (χ3n) is 4.70. The predicted molar refractivity (Wildman–Crippen MR) is 99.0 cm³/mol. The van der Waals surface area contributed by atoms with Gasteiger partial charge in [0.1, 0.15) is 0 Å². The smallest absolute Gasteiger partial charge is 0.292 e. The highest BCUT2D eigenvalue weighted by Crippen LogP contribution is 2.27. The summed E-state index contributed by atoms with van der Waals surface area (Å²) in [4.78, 5) is 26.9. The number of rotatable bonds is 4. The van der Waals surface area contributed by atoms with Crippen LogP contribution in [0.4, 0.5) is 5.69 Å². The molecule has 0 saturated carbocycles. The Bertz CT molecular complexity index is 956. The van der Waals surface area contributed by atoms with Gasteiger partial charge in [-0.15, -0.1) is 0 Å². The van der Waals surface area contributed by atoms with Crippen LogP contribution in [0.3, 0.4) is 0 Å². The van der Waals surface area contributed by atoms with E-state index >= 15 is 0 Å². The molecule has 0 radical (unpaired) electrons. The van der Waals surface area contributed by atoms with E-state index in [2.05, 4.69) is 6.07 Å². The monoisotopic (exact) mass is 378 g/mol. The lowest BCUT2D eigenvalue weighted by Crippen LogP contribution is -3.00. The molecule has 5 heteroatoms. The molecule has 0 atom stereocenters. The molecule has 1 aromatic heterocycles. The van der Waals surface area contributed by atoms with Gasteiger partial charge in [0.25, 0.3) is 5.91 Å². The molecule has 0 fully saturated rings. The van der Waals surface area contributed by atoms with Crippen molar-refractivity contribution in [3.63, 3.8) is 0 Å². The number of ketones is 1. The highest BCUT2D eigenvalue weighted by Gasteiger charge is 2.26. The Morgan fingerprint density at radius 1 is 0.852 bits per heavy atom. The van der Waals surface area contributed by atoms with Crippen molar-refractivity contribution >= 4 is 17.4 Å². The van der Waals surface area contributed by atoms with Crippen molar-refractivity contribution in [1.29, 1.82) is 0 Å². The highest BCUT2D eigenvalue weighted by molar-refractivity contribution is 6.08. The molecule has 4 nitrogen and oxygen atoms in total. The van der Waals surface area contributed by atoms with E-state index < -0.39 is 0 Å². The summed E-state index contributed by atoms with van der Waals surface area (Å²) in [5.74, 6) is 0.0413. The topological polar surface area (TPSA) is 41.3 Å². The maximum absolute atomic E-state index is 12.7. The number of pyridine rings is 1. The third kappa shape index (κ3) is 3.91. The van der Waals surface area contributed by atoms with Gasteiger partial charge in [-0.05, 0) is 18.1 Å². The van der Waals surface area contributed by atoms with E-state index in [1.165, 1.54) is 5.56 Å². The van der Waals surface area contributed by atoms with Crippen LogP contribution in [0.15, 0.2) is 79.1 Å². The van der Waals surface area contributed by atoms with Crippen LogP contribution in [0, 0.1) is 0 Å². The van der Waals surface area contributed by atoms with Crippen LogP contribution in [-0.4, -0.2) is 18.2 Å². The van der Waals surface area contributed by atoms with Gasteiger partial charge in [0.15, 0.2) is 18.2 Å². The number of halogens is 1. The fraction of sp³-hybridized carbons (Fsp3) is 0.136. The van der Waals surface area contributed by atoms with Gasteiger partial charge < -0.3 is 17.3 Å². The fourth-order valence-corrected chi connectivity index (χ4v) is 3.31. The second-order valence-corrected chi connectivity index (χ2v) is 6.38. The lowest BCUT2D eigenvalue weighted by molar-refractivity contribution is -0.684. The molecule has 0 saturated heterocycles. The number of anilines is 1. The first-order valence-corrected chi connectivity index (χ1v) is 8.69. The van der Waals surface area contributed by atoms with E-state index in [-0.39, 0.29) is 30.6 Å². The Morgan fingerprint density at radius 3 is 2.22 bits per heavy atom. The van der Waals surface area contributed by atoms with E-state index in [0.29, 0.717) is 11.1 Å². The van der Waals surface area contributed by atoms with Crippen LogP contribution in [0.1, 0.15) is 21.5 Å². The van der Waals surface area contributed by atoms with Crippen LogP contribution in [0.25, 0.3) is 0 Å². The molecule has 0 bridgehead atoms. The fourth-order valence-electron chi connectivity index (χ4n) is 3.31. The zero-order valence-electron chi connectivity index (χ0n) is 14.7. The van der Waals surface area contributed by atoms with Crippen LogP contribution in [0.2, 0.25) is 0 Å². The number of para-hydroxylation sites is 1. The van der Waals surface area contributed by atoms with Crippen molar-refractivity contribution in [3.8, 4) is 0 Å². The maximum atomic E-state index is 12.7. The standard InChI is InChI=1S/C22H19N2O2.ClH/c25-21(24-15-12-17-6-4-5-9-20(17)24)16-23-13-10-19(11-14-23)22(26)18-7-2-1-3-8-18;/h1-11,13-14H,12,15-16H2;1H/q+1;/p-1. The van der Waals surface area contributed by atoms with Crippen LogP contribution in [-0.2, 0) is 17.8 Å². The van der Waals surface area contributed by atoms with Crippen molar-refractivity contribution < 1.29 is 26.6 Å². The number of fused-ring (bicyclic) bond motifs is 1. The normalized spacial score (nSPS) is 12.2.